The van der Waals surface area contributed by atoms with Crippen molar-refractivity contribution in [3.63, 3.8) is 0 Å². The molecule has 8 aliphatic heterocycles. The summed E-state index contributed by atoms with van der Waals surface area (Å²) >= 11 is 0. The fourth-order valence-electron chi connectivity index (χ4n) is 8.14. The van der Waals surface area contributed by atoms with Crippen LogP contribution in [0.3, 0.4) is 0 Å². The number of alkyl halides is 12. The summed E-state index contributed by atoms with van der Waals surface area (Å²) in [6.07, 6.45) is -29.4. The zero-order chi connectivity index (χ0) is 32.3. The van der Waals surface area contributed by atoms with Gasteiger partial charge in [0.05, 0.1) is 0 Å². The van der Waals surface area contributed by atoms with Gasteiger partial charge >= 0.3 is 24.7 Å². The molecule has 0 aromatic carbocycles. The first-order valence-electron chi connectivity index (χ1n) is 13.1. The van der Waals surface area contributed by atoms with Gasteiger partial charge in [-0.25, -0.2) is 0 Å². The van der Waals surface area contributed by atoms with E-state index >= 15 is 0 Å². The van der Waals surface area contributed by atoms with Crippen LogP contribution in [0.15, 0.2) is 0 Å². The Bertz CT molecular complexity index is 1000. The van der Waals surface area contributed by atoms with E-state index in [1.807, 2.05) is 0 Å². The molecule has 8 saturated heterocycles. The smallest absolute Gasteiger partial charge is 0.329 e. The summed E-state index contributed by atoms with van der Waals surface area (Å²) in [6.45, 7) is 3.65. The Hall–Kier alpha value is -0.220. The van der Waals surface area contributed by atoms with Crippen molar-refractivity contribution >= 4 is 15.8 Å². The Morgan fingerprint density at radius 2 is 0.628 bits per heavy atom. The lowest BCUT2D eigenvalue weighted by molar-refractivity contribution is -0.513. The van der Waals surface area contributed by atoms with Gasteiger partial charge in [0.1, 0.15) is 0 Å². The maximum absolute atomic E-state index is 14.7. The number of hydrogen-bond acceptors (Lipinski definition) is 6. The second kappa shape index (κ2) is 8.43. The summed E-state index contributed by atoms with van der Waals surface area (Å²) in [5.74, 6) is -9.47. The Kier molecular flexibility index (Phi) is 6.41. The van der Waals surface area contributed by atoms with Crippen LogP contribution in [0.1, 0.15) is 59.8 Å². The molecule has 20 heteroatoms. The van der Waals surface area contributed by atoms with Crippen molar-refractivity contribution in [2.75, 3.05) is 12.3 Å². The largest absolute Gasteiger partial charge is 0.421 e. The lowest BCUT2D eigenvalue weighted by atomic mass is 9.96. The molecular formula is C23H26F12O6P2. The van der Waals surface area contributed by atoms with Gasteiger partial charge in [-0.1, -0.05) is 0 Å². The monoisotopic (exact) mass is 688 g/mol. The van der Waals surface area contributed by atoms with E-state index in [0.29, 0.717) is 0 Å². The van der Waals surface area contributed by atoms with E-state index in [4.69, 9.17) is 28.4 Å². The molecule has 8 heterocycles. The molecule has 0 aromatic rings. The van der Waals surface area contributed by atoms with Crippen molar-refractivity contribution in [2.24, 2.45) is 0 Å². The van der Waals surface area contributed by atoms with Crippen molar-refractivity contribution in [3.05, 3.63) is 0 Å². The molecule has 0 saturated carbocycles. The zero-order valence-electron chi connectivity index (χ0n) is 22.8. The predicted molar refractivity (Wildman–Crippen MR) is 122 cm³/mol. The van der Waals surface area contributed by atoms with Crippen molar-refractivity contribution in [2.45, 2.75) is 129 Å². The van der Waals surface area contributed by atoms with E-state index in [2.05, 4.69) is 0 Å². The molecule has 0 aliphatic carbocycles. The third kappa shape index (κ3) is 4.18. The molecule has 8 fully saturated rings. The molecule has 0 radical (unpaired) electrons. The van der Waals surface area contributed by atoms with Crippen LogP contribution in [-0.4, -0.2) is 81.5 Å². The number of hydrogen-bond donors (Lipinski definition) is 0. The molecule has 8 aliphatic rings. The first-order valence-corrected chi connectivity index (χ1v) is 16.1. The van der Waals surface area contributed by atoms with Crippen LogP contribution in [0.2, 0.25) is 0 Å². The van der Waals surface area contributed by atoms with Crippen LogP contribution in [0, 0.1) is 0 Å². The lowest BCUT2D eigenvalue weighted by Gasteiger charge is -2.71. The van der Waals surface area contributed by atoms with Gasteiger partial charge in [0.2, 0.25) is 0 Å². The highest BCUT2D eigenvalue weighted by molar-refractivity contribution is 7.62. The normalized spacial score (nSPS) is 52.7. The van der Waals surface area contributed by atoms with E-state index in [1.54, 1.807) is 0 Å². The molecule has 6 nitrogen and oxygen atoms in total. The maximum atomic E-state index is 14.7. The van der Waals surface area contributed by atoms with Gasteiger partial charge in [0, 0.05) is 25.7 Å². The van der Waals surface area contributed by atoms with Crippen molar-refractivity contribution in [1.82, 2.24) is 0 Å². The Morgan fingerprint density at radius 1 is 0.419 bits per heavy atom. The zero-order valence-corrected chi connectivity index (χ0v) is 24.6. The van der Waals surface area contributed by atoms with E-state index in [1.165, 1.54) is 0 Å². The van der Waals surface area contributed by atoms with Crippen molar-refractivity contribution < 1.29 is 81.1 Å². The minimum Gasteiger partial charge on any atom is -0.329 e. The number of halogens is 12. The van der Waals surface area contributed by atoms with Crippen LogP contribution in [0.25, 0.3) is 0 Å². The van der Waals surface area contributed by atoms with Crippen LogP contribution in [0.5, 0.6) is 0 Å². The Labute approximate surface area is 238 Å². The van der Waals surface area contributed by atoms with Crippen LogP contribution in [0.4, 0.5) is 52.7 Å². The van der Waals surface area contributed by atoms with E-state index in [9.17, 15) is 52.7 Å². The minimum absolute atomic E-state index is 0.884. The summed E-state index contributed by atoms with van der Waals surface area (Å²) in [7, 11) is -7.00. The van der Waals surface area contributed by atoms with Gasteiger partial charge in [0.25, 0.3) is 0 Å². The maximum Gasteiger partial charge on any atom is 0.421 e. The molecule has 8 rings (SSSR count). The summed E-state index contributed by atoms with van der Waals surface area (Å²) in [5.41, 5.74) is 0. The average molecular weight is 688 g/mol. The van der Waals surface area contributed by atoms with Gasteiger partial charge in [-0.05, 0) is 62.3 Å². The summed E-state index contributed by atoms with van der Waals surface area (Å²) < 4.78 is 209. The SMILES string of the molecule is CC12CC3(C(F)(F)F)OC(C)(CC(C(F)(F)F)(O1)P3CCCP1C3(C(F)(F)F)CC4(C)OC(C)(CC1(C(F)(F)F)O4)O3)O2. The highest BCUT2D eigenvalue weighted by Crippen LogP contribution is 2.85. The molecule has 0 aromatic heterocycles. The first kappa shape index (κ1) is 32.7. The van der Waals surface area contributed by atoms with Gasteiger partial charge in [-0.3, -0.25) is 0 Å². The summed E-state index contributed by atoms with van der Waals surface area (Å²) in [5, 5.41) is -13.8. The fraction of sp³-hybridized carbons (Fsp3) is 1.00. The lowest BCUT2D eigenvalue weighted by Crippen LogP contribution is -2.79. The summed E-state index contributed by atoms with van der Waals surface area (Å²) in [6, 6.07) is 0. The molecule has 0 spiro atoms. The standard InChI is InChI=1S/C23H26F12O6P2/c1-12-8-16(20(24,25)26)39-13(2,36-12)9-17(38-12,21(27,28)29)42(16)6-5-7-43-18(22(30,31)32)10-14(3)37-15(4,41-18)11-19(43,40-14)23(33,34)35/h5-11H2,1-4H3. The van der Waals surface area contributed by atoms with E-state index < -0.39 is 129 Å². The predicted octanol–water partition coefficient (Wildman–Crippen LogP) is 7.98. The van der Waals surface area contributed by atoms with Crippen molar-refractivity contribution in [3.8, 4) is 0 Å². The second-order valence-electron chi connectivity index (χ2n) is 12.6. The van der Waals surface area contributed by atoms with Gasteiger partial charge in [-0.15, -0.1) is 0 Å². The fourth-order valence-corrected chi connectivity index (χ4v) is 16.3. The second-order valence-corrected chi connectivity index (χ2v) is 18.1. The number of ether oxygens (including phenoxy) is 6. The Balaban J connectivity index is 1.40. The third-order valence-electron chi connectivity index (χ3n) is 8.92. The van der Waals surface area contributed by atoms with Gasteiger partial charge in [0.15, 0.2) is 44.5 Å². The highest BCUT2D eigenvalue weighted by Gasteiger charge is 2.87. The topological polar surface area (TPSA) is 55.4 Å². The molecule has 8 atom stereocenters. The van der Waals surface area contributed by atoms with E-state index in [-0.39, 0.29) is 0 Å². The average Bonchev–Trinajstić information content (AvgIpc) is 2.70. The molecule has 0 amide bonds. The van der Waals surface area contributed by atoms with Crippen LogP contribution < -0.4 is 0 Å². The summed E-state index contributed by atoms with van der Waals surface area (Å²) in [4.78, 5) is 0. The number of rotatable bonds is 4. The molecule has 8 unspecified atom stereocenters. The highest BCUT2D eigenvalue weighted by atomic mass is 31.1. The quantitative estimate of drug-likeness (QED) is 0.221. The first-order chi connectivity index (χ1) is 19.0. The van der Waals surface area contributed by atoms with Crippen molar-refractivity contribution in [1.29, 1.82) is 0 Å². The van der Waals surface area contributed by atoms with Crippen LogP contribution in [-0.2, 0) is 28.4 Å². The Morgan fingerprint density at radius 3 is 0.814 bits per heavy atom. The molecule has 248 valence electrons. The molecular weight excluding hydrogens is 662 g/mol. The minimum atomic E-state index is -5.41. The molecule has 0 N–H and O–H groups in total. The van der Waals surface area contributed by atoms with Gasteiger partial charge < -0.3 is 28.4 Å². The van der Waals surface area contributed by atoms with E-state index in [0.717, 1.165) is 27.7 Å². The van der Waals surface area contributed by atoms with Gasteiger partial charge in [-0.2, -0.15) is 52.7 Å². The molecule has 8 bridgehead atoms. The van der Waals surface area contributed by atoms with Crippen LogP contribution >= 0.6 is 15.8 Å². The molecule has 43 heavy (non-hydrogen) atoms. The third-order valence-corrected chi connectivity index (χ3v) is 16.0.